The van der Waals surface area contributed by atoms with Crippen molar-refractivity contribution in [2.75, 3.05) is 6.54 Å². The highest BCUT2D eigenvalue weighted by Gasteiger charge is 2.06. The van der Waals surface area contributed by atoms with E-state index in [0.29, 0.717) is 18.0 Å². The summed E-state index contributed by atoms with van der Waals surface area (Å²) in [5, 5.41) is 6.90. The minimum atomic E-state index is -0.0474. The van der Waals surface area contributed by atoms with Crippen LogP contribution in [0.3, 0.4) is 0 Å². The van der Waals surface area contributed by atoms with E-state index in [1.807, 2.05) is 26.0 Å². The van der Waals surface area contributed by atoms with Gasteiger partial charge in [-0.15, -0.1) is 0 Å². The molecule has 0 aliphatic rings. The molecule has 0 saturated heterocycles. The van der Waals surface area contributed by atoms with Gasteiger partial charge in [0.15, 0.2) is 0 Å². The summed E-state index contributed by atoms with van der Waals surface area (Å²) in [6.07, 6.45) is 3.09. The summed E-state index contributed by atoms with van der Waals surface area (Å²) in [4.78, 5) is 15.7. The maximum absolute atomic E-state index is 11.8. The van der Waals surface area contributed by atoms with Gasteiger partial charge in [0.25, 0.3) is 5.91 Å². The zero-order valence-electron chi connectivity index (χ0n) is 12.5. The number of nitrogens with zero attached hydrogens (tertiary/aromatic N) is 3. The topological polar surface area (TPSA) is 59.8 Å². The molecule has 0 saturated carbocycles. The molecule has 1 aromatic heterocycles. The summed E-state index contributed by atoms with van der Waals surface area (Å²) in [5.74, 6) is 0.400. The van der Waals surface area contributed by atoms with Crippen molar-refractivity contribution in [3.63, 3.8) is 0 Å². The second kappa shape index (κ2) is 8.09. The van der Waals surface area contributed by atoms with Crippen molar-refractivity contribution in [2.24, 2.45) is 5.92 Å². The van der Waals surface area contributed by atoms with Gasteiger partial charge >= 0.3 is 0 Å². The molecule has 5 heteroatoms. The lowest BCUT2D eigenvalue weighted by molar-refractivity contribution is 0.0949. The van der Waals surface area contributed by atoms with E-state index in [0.717, 1.165) is 5.69 Å². The van der Waals surface area contributed by atoms with Gasteiger partial charge in [-0.25, -0.2) is 9.67 Å². The quantitative estimate of drug-likeness (QED) is 0.932. The van der Waals surface area contributed by atoms with Crippen LogP contribution in [0.1, 0.15) is 38.1 Å². The molecule has 0 spiro atoms. The SMILES string of the molecule is CC.CC(C)CNC(=O)c1ccc(-n2cncn2)cc1. The smallest absolute Gasteiger partial charge is 0.251 e. The predicted molar refractivity (Wildman–Crippen MR) is 79.9 cm³/mol. The van der Waals surface area contributed by atoms with E-state index < -0.39 is 0 Å². The Morgan fingerprint density at radius 3 is 2.40 bits per heavy atom. The first kappa shape index (κ1) is 15.9. The summed E-state index contributed by atoms with van der Waals surface area (Å²) in [6, 6.07) is 7.26. The number of carbonyl (C=O) groups excluding carboxylic acids is 1. The Bertz CT molecular complexity index is 503. The van der Waals surface area contributed by atoms with Crippen LogP contribution in [-0.2, 0) is 0 Å². The largest absolute Gasteiger partial charge is 0.352 e. The lowest BCUT2D eigenvalue weighted by atomic mass is 10.1. The second-order valence-electron chi connectivity index (χ2n) is 4.49. The molecule has 1 N–H and O–H groups in total. The Hall–Kier alpha value is -2.17. The number of hydrogen-bond donors (Lipinski definition) is 1. The average Bonchev–Trinajstić information content (AvgIpc) is 3.01. The van der Waals surface area contributed by atoms with Crippen LogP contribution in [0, 0.1) is 5.92 Å². The first-order chi connectivity index (χ1) is 9.66. The van der Waals surface area contributed by atoms with E-state index in [2.05, 4.69) is 29.2 Å². The number of hydrogen-bond acceptors (Lipinski definition) is 3. The molecule has 20 heavy (non-hydrogen) atoms. The van der Waals surface area contributed by atoms with Crippen molar-refractivity contribution < 1.29 is 4.79 Å². The monoisotopic (exact) mass is 274 g/mol. The Morgan fingerprint density at radius 2 is 1.90 bits per heavy atom. The van der Waals surface area contributed by atoms with E-state index >= 15 is 0 Å². The van der Waals surface area contributed by atoms with Crippen molar-refractivity contribution in [3.05, 3.63) is 42.5 Å². The lowest BCUT2D eigenvalue weighted by Crippen LogP contribution is -2.27. The molecular weight excluding hydrogens is 252 g/mol. The standard InChI is InChI=1S/C13H16N4O.C2H6/c1-10(2)7-15-13(18)11-3-5-12(6-4-11)17-9-14-8-16-17;1-2/h3-6,8-10H,7H2,1-2H3,(H,15,18);1-2H3. The fourth-order valence-electron chi connectivity index (χ4n) is 1.51. The summed E-state index contributed by atoms with van der Waals surface area (Å²) in [7, 11) is 0. The van der Waals surface area contributed by atoms with Gasteiger partial charge in [-0.1, -0.05) is 27.7 Å². The number of carbonyl (C=O) groups is 1. The summed E-state index contributed by atoms with van der Waals surface area (Å²) in [6.45, 7) is 8.81. The Morgan fingerprint density at radius 1 is 1.25 bits per heavy atom. The molecule has 1 heterocycles. The summed E-state index contributed by atoms with van der Waals surface area (Å²) >= 11 is 0. The fraction of sp³-hybridized carbons (Fsp3) is 0.400. The Labute approximate surface area is 120 Å². The zero-order chi connectivity index (χ0) is 15.0. The molecule has 0 unspecified atom stereocenters. The molecule has 1 amide bonds. The van der Waals surface area contributed by atoms with Crippen LogP contribution in [0.25, 0.3) is 5.69 Å². The predicted octanol–water partition coefficient (Wildman–Crippen LogP) is 2.68. The highest BCUT2D eigenvalue weighted by atomic mass is 16.1. The van der Waals surface area contributed by atoms with Crippen LogP contribution in [0.5, 0.6) is 0 Å². The highest BCUT2D eigenvalue weighted by Crippen LogP contribution is 2.08. The maximum Gasteiger partial charge on any atom is 0.251 e. The summed E-state index contributed by atoms with van der Waals surface area (Å²) < 4.78 is 1.65. The first-order valence-corrected chi connectivity index (χ1v) is 6.90. The zero-order valence-corrected chi connectivity index (χ0v) is 12.5. The third-order valence-corrected chi connectivity index (χ3v) is 2.48. The lowest BCUT2D eigenvalue weighted by Gasteiger charge is -2.08. The molecule has 0 bridgehead atoms. The molecule has 0 fully saturated rings. The second-order valence-corrected chi connectivity index (χ2v) is 4.49. The van der Waals surface area contributed by atoms with Gasteiger partial charge < -0.3 is 5.32 Å². The molecule has 108 valence electrons. The van der Waals surface area contributed by atoms with Crippen LogP contribution in [-0.4, -0.2) is 27.2 Å². The van der Waals surface area contributed by atoms with Gasteiger partial charge in [0, 0.05) is 12.1 Å². The van der Waals surface area contributed by atoms with Gasteiger partial charge in [-0.05, 0) is 30.2 Å². The van der Waals surface area contributed by atoms with Gasteiger partial charge in [0.05, 0.1) is 5.69 Å². The third-order valence-electron chi connectivity index (χ3n) is 2.48. The van der Waals surface area contributed by atoms with Crippen LogP contribution >= 0.6 is 0 Å². The third kappa shape index (κ3) is 4.50. The molecule has 0 aliphatic heterocycles. The molecule has 0 aliphatic carbocycles. The van der Waals surface area contributed by atoms with Gasteiger partial charge in [0.1, 0.15) is 12.7 Å². The van der Waals surface area contributed by atoms with Crippen molar-refractivity contribution >= 4 is 5.91 Å². The first-order valence-electron chi connectivity index (χ1n) is 6.90. The Balaban J connectivity index is 0.000000956. The number of benzene rings is 1. The average molecular weight is 274 g/mol. The van der Waals surface area contributed by atoms with Gasteiger partial charge in [-0.2, -0.15) is 5.10 Å². The molecule has 2 rings (SSSR count). The minimum Gasteiger partial charge on any atom is -0.352 e. The maximum atomic E-state index is 11.8. The molecule has 0 atom stereocenters. The molecular formula is C15H22N4O. The molecule has 0 radical (unpaired) electrons. The van der Waals surface area contributed by atoms with Crippen molar-refractivity contribution in [1.29, 1.82) is 0 Å². The van der Waals surface area contributed by atoms with Crippen LogP contribution in [0.4, 0.5) is 0 Å². The van der Waals surface area contributed by atoms with Crippen LogP contribution in [0.2, 0.25) is 0 Å². The molecule has 2 aromatic rings. The van der Waals surface area contributed by atoms with Crippen LogP contribution < -0.4 is 5.32 Å². The number of nitrogens with one attached hydrogen (secondary N) is 1. The van der Waals surface area contributed by atoms with Crippen molar-refractivity contribution in [1.82, 2.24) is 20.1 Å². The molecule has 5 nitrogen and oxygen atoms in total. The van der Waals surface area contributed by atoms with E-state index in [9.17, 15) is 4.79 Å². The number of aromatic nitrogens is 3. The van der Waals surface area contributed by atoms with E-state index in [4.69, 9.17) is 0 Å². The van der Waals surface area contributed by atoms with E-state index in [1.165, 1.54) is 6.33 Å². The van der Waals surface area contributed by atoms with Gasteiger partial charge in [-0.3, -0.25) is 4.79 Å². The number of rotatable bonds is 4. The summed E-state index contributed by atoms with van der Waals surface area (Å²) in [5.41, 5.74) is 1.53. The van der Waals surface area contributed by atoms with Crippen molar-refractivity contribution in [2.45, 2.75) is 27.7 Å². The normalized spacial score (nSPS) is 9.85. The number of amides is 1. The van der Waals surface area contributed by atoms with E-state index in [1.54, 1.807) is 23.1 Å². The highest BCUT2D eigenvalue weighted by molar-refractivity contribution is 5.94. The fourth-order valence-corrected chi connectivity index (χ4v) is 1.51. The molecule has 1 aromatic carbocycles. The van der Waals surface area contributed by atoms with Crippen molar-refractivity contribution in [3.8, 4) is 5.69 Å². The van der Waals surface area contributed by atoms with E-state index in [-0.39, 0.29) is 5.91 Å². The van der Waals surface area contributed by atoms with Crippen LogP contribution in [0.15, 0.2) is 36.9 Å². The van der Waals surface area contributed by atoms with Gasteiger partial charge in [0.2, 0.25) is 0 Å². The minimum absolute atomic E-state index is 0.0474. The Kier molecular flexibility index (Phi) is 6.43.